The molecule has 1 aromatic rings. The molecule has 0 aliphatic rings. The molecule has 0 aromatic heterocycles. The maximum Gasteiger partial charge on any atom is 0.230 e. The highest BCUT2D eigenvalue weighted by atomic mass is 16.2. The summed E-state index contributed by atoms with van der Waals surface area (Å²) in [5.74, 6) is -0.536. The van der Waals surface area contributed by atoms with E-state index in [1.165, 1.54) is 0 Å². The first kappa shape index (κ1) is 26.5. The maximum absolute atomic E-state index is 12.7. The van der Waals surface area contributed by atoms with Crippen molar-refractivity contribution in [3.05, 3.63) is 12.1 Å². The van der Waals surface area contributed by atoms with Crippen molar-refractivity contribution in [2.75, 3.05) is 21.7 Å². The second-order valence-electron chi connectivity index (χ2n) is 11.2. The van der Waals surface area contributed by atoms with Gasteiger partial charge in [-0.3, -0.25) is 14.4 Å². The minimum absolute atomic E-state index is 0.154. The van der Waals surface area contributed by atoms with Gasteiger partial charge >= 0.3 is 0 Å². The maximum atomic E-state index is 12.7. The van der Waals surface area contributed by atoms with Crippen LogP contribution in [0.5, 0.6) is 0 Å². The van der Waals surface area contributed by atoms with Crippen LogP contribution < -0.4 is 21.7 Å². The molecule has 31 heavy (non-hydrogen) atoms. The molecule has 0 bridgehead atoms. The smallest absolute Gasteiger partial charge is 0.230 e. The second kappa shape index (κ2) is 9.71. The number of nitrogens with two attached hydrogens (primary N) is 1. The number of carbonyl (C=O) groups is 3. The zero-order chi connectivity index (χ0) is 24.2. The van der Waals surface area contributed by atoms with Crippen molar-refractivity contribution >= 4 is 40.5 Å². The van der Waals surface area contributed by atoms with Gasteiger partial charge in [-0.1, -0.05) is 62.3 Å². The first-order valence-electron chi connectivity index (χ1n) is 10.8. The number of amides is 3. The van der Waals surface area contributed by atoms with Gasteiger partial charge in [-0.2, -0.15) is 0 Å². The largest absolute Gasteiger partial charge is 0.395 e. The molecule has 1 aromatic carbocycles. The number of hydrogen-bond donors (Lipinski definition) is 4. The molecular weight excluding hydrogens is 392 g/mol. The van der Waals surface area contributed by atoms with E-state index in [4.69, 9.17) is 5.73 Å². The number of rotatable bonds is 7. The van der Waals surface area contributed by atoms with Crippen LogP contribution in [-0.4, -0.2) is 17.7 Å². The van der Waals surface area contributed by atoms with E-state index >= 15 is 0 Å². The molecule has 7 nitrogen and oxygen atoms in total. The summed E-state index contributed by atoms with van der Waals surface area (Å²) in [4.78, 5) is 37.7. The molecule has 0 radical (unpaired) electrons. The van der Waals surface area contributed by atoms with Gasteiger partial charge < -0.3 is 21.7 Å². The average molecular weight is 433 g/mol. The normalized spacial score (nSPS) is 12.3. The zero-order valence-electron chi connectivity index (χ0n) is 20.6. The van der Waals surface area contributed by atoms with E-state index in [-0.39, 0.29) is 34.2 Å². The Morgan fingerprint density at radius 1 is 0.774 bits per heavy atom. The van der Waals surface area contributed by atoms with Gasteiger partial charge in [-0.25, -0.2) is 0 Å². The predicted molar refractivity (Wildman–Crippen MR) is 129 cm³/mol. The standard InChI is InChI=1S/C24H40N4O3/c1-10-24(8,9)21(31)26-15-11-16(27-18(29)13-22(2,3)4)20(25)17(12-15)28-19(30)14-23(5,6)7/h11-12H,10,13-14,25H2,1-9H3,(H,26,31)(H,27,29)(H,28,30). The van der Waals surface area contributed by atoms with Crippen LogP contribution in [0.3, 0.4) is 0 Å². The third-order valence-corrected chi connectivity index (χ3v) is 4.87. The number of benzene rings is 1. The fourth-order valence-electron chi connectivity index (χ4n) is 2.75. The van der Waals surface area contributed by atoms with Gasteiger partial charge in [0.25, 0.3) is 0 Å². The molecule has 5 N–H and O–H groups in total. The van der Waals surface area contributed by atoms with E-state index in [2.05, 4.69) is 16.0 Å². The molecule has 0 aliphatic carbocycles. The quantitative estimate of drug-likeness (QED) is 0.432. The van der Waals surface area contributed by atoms with Crippen LogP contribution in [-0.2, 0) is 14.4 Å². The second-order valence-corrected chi connectivity index (χ2v) is 11.2. The van der Waals surface area contributed by atoms with Crippen LogP contribution in [0, 0.1) is 16.2 Å². The summed E-state index contributed by atoms with van der Waals surface area (Å²) in [6, 6.07) is 3.25. The van der Waals surface area contributed by atoms with Crippen molar-refractivity contribution in [3.8, 4) is 0 Å². The van der Waals surface area contributed by atoms with Gasteiger partial charge in [-0.05, 0) is 29.4 Å². The molecule has 0 atom stereocenters. The summed E-state index contributed by atoms with van der Waals surface area (Å²) in [7, 11) is 0. The highest BCUT2D eigenvalue weighted by Gasteiger charge is 2.26. The minimum atomic E-state index is -0.563. The monoisotopic (exact) mass is 432 g/mol. The van der Waals surface area contributed by atoms with Crippen molar-refractivity contribution in [1.82, 2.24) is 0 Å². The third-order valence-electron chi connectivity index (χ3n) is 4.87. The van der Waals surface area contributed by atoms with Gasteiger partial charge in [0.05, 0.1) is 17.1 Å². The molecule has 0 unspecified atom stereocenters. The molecule has 7 heteroatoms. The van der Waals surface area contributed by atoms with Gasteiger partial charge in [0.1, 0.15) is 0 Å². The Morgan fingerprint density at radius 2 is 1.16 bits per heavy atom. The SMILES string of the molecule is CCC(C)(C)C(=O)Nc1cc(NC(=O)CC(C)(C)C)c(N)c(NC(=O)CC(C)(C)C)c1. The zero-order valence-corrected chi connectivity index (χ0v) is 20.6. The molecule has 174 valence electrons. The lowest BCUT2D eigenvalue weighted by Gasteiger charge is -2.23. The lowest BCUT2D eigenvalue weighted by atomic mass is 9.89. The Labute approximate surface area is 186 Å². The van der Waals surface area contributed by atoms with Crippen LogP contribution in [0.4, 0.5) is 22.7 Å². The van der Waals surface area contributed by atoms with Gasteiger partial charge in [0.2, 0.25) is 17.7 Å². The average Bonchev–Trinajstić information content (AvgIpc) is 2.55. The van der Waals surface area contributed by atoms with E-state index in [1.807, 2.05) is 62.3 Å². The topological polar surface area (TPSA) is 113 Å². The molecular formula is C24H40N4O3. The Balaban J connectivity index is 3.29. The first-order chi connectivity index (χ1) is 13.9. The summed E-state index contributed by atoms with van der Waals surface area (Å²) in [5, 5.41) is 8.54. The number of nitrogens with one attached hydrogen (secondary N) is 3. The van der Waals surface area contributed by atoms with Crippen LogP contribution in [0.1, 0.15) is 81.6 Å². The van der Waals surface area contributed by atoms with E-state index in [0.717, 1.165) is 0 Å². The van der Waals surface area contributed by atoms with Gasteiger partial charge in [0, 0.05) is 23.9 Å². The summed E-state index contributed by atoms with van der Waals surface area (Å²) < 4.78 is 0. The highest BCUT2D eigenvalue weighted by Crippen LogP contribution is 2.34. The van der Waals surface area contributed by atoms with E-state index in [1.54, 1.807) is 12.1 Å². The molecule has 0 fully saturated rings. The third kappa shape index (κ3) is 8.99. The van der Waals surface area contributed by atoms with Gasteiger partial charge in [-0.15, -0.1) is 0 Å². The number of carbonyl (C=O) groups excluding carboxylic acids is 3. The Morgan fingerprint density at radius 3 is 1.48 bits per heavy atom. The fourth-order valence-corrected chi connectivity index (χ4v) is 2.75. The molecule has 0 saturated heterocycles. The highest BCUT2D eigenvalue weighted by molar-refractivity contribution is 6.04. The fraction of sp³-hybridized carbons (Fsp3) is 0.625. The van der Waals surface area contributed by atoms with Gasteiger partial charge in [0.15, 0.2) is 0 Å². The first-order valence-corrected chi connectivity index (χ1v) is 10.8. The Kier molecular flexibility index (Phi) is 8.29. The summed E-state index contributed by atoms with van der Waals surface area (Å²) >= 11 is 0. The van der Waals surface area contributed by atoms with E-state index in [9.17, 15) is 14.4 Å². The van der Waals surface area contributed by atoms with Crippen LogP contribution in [0.2, 0.25) is 0 Å². The Hall–Kier alpha value is -2.57. The molecule has 3 amide bonds. The summed E-state index contributed by atoms with van der Waals surface area (Å²) in [6.45, 7) is 17.5. The van der Waals surface area contributed by atoms with E-state index in [0.29, 0.717) is 36.3 Å². The molecule has 0 aliphatic heterocycles. The van der Waals surface area contributed by atoms with Crippen molar-refractivity contribution < 1.29 is 14.4 Å². The van der Waals surface area contributed by atoms with E-state index < -0.39 is 5.41 Å². The summed E-state index contributed by atoms with van der Waals surface area (Å²) in [5.41, 5.74) is 6.74. The van der Waals surface area contributed by atoms with Crippen molar-refractivity contribution in [2.24, 2.45) is 16.2 Å². The molecule has 0 saturated carbocycles. The molecule has 0 spiro atoms. The van der Waals surface area contributed by atoms with Crippen LogP contribution >= 0.6 is 0 Å². The van der Waals surface area contributed by atoms with Crippen LogP contribution in [0.15, 0.2) is 12.1 Å². The lowest BCUT2D eigenvalue weighted by Crippen LogP contribution is -2.30. The Bertz CT molecular complexity index is 779. The van der Waals surface area contributed by atoms with Crippen molar-refractivity contribution in [2.45, 2.75) is 81.6 Å². The number of nitrogen functional groups attached to an aromatic ring is 1. The number of hydrogen-bond acceptors (Lipinski definition) is 4. The molecule has 0 heterocycles. The van der Waals surface area contributed by atoms with Crippen molar-refractivity contribution in [1.29, 1.82) is 0 Å². The van der Waals surface area contributed by atoms with Crippen molar-refractivity contribution in [3.63, 3.8) is 0 Å². The summed E-state index contributed by atoms with van der Waals surface area (Å²) in [6.07, 6.45) is 1.27. The number of anilines is 4. The predicted octanol–water partition coefficient (Wildman–Crippen LogP) is 5.39. The molecule has 1 rings (SSSR count). The minimum Gasteiger partial charge on any atom is -0.395 e. The van der Waals surface area contributed by atoms with Crippen LogP contribution in [0.25, 0.3) is 0 Å². The lowest BCUT2D eigenvalue weighted by molar-refractivity contribution is -0.124.